The molecule has 5 heteroatoms. The number of hydrogen-bond donors (Lipinski definition) is 0. The van der Waals surface area contributed by atoms with Gasteiger partial charge in [-0.25, -0.2) is 4.79 Å². The van der Waals surface area contributed by atoms with Gasteiger partial charge in [-0.15, -0.1) is 0 Å². The van der Waals surface area contributed by atoms with E-state index in [-0.39, 0.29) is 0 Å². The Morgan fingerprint density at radius 2 is 1.32 bits per heavy atom. The fourth-order valence-corrected chi connectivity index (χ4v) is 3.37. The van der Waals surface area contributed by atoms with E-state index in [1.807, 2.05) is 78.9 Å². The zero-order valence-electron chi connectivity index (χ0n) is 17.7. The van der Waals surface area contributed by atoms with Crippen LogP contribution in [-0.4, -0.2) is 20.2 Å². The van der Waals surface area contributed by atoms with Crippen molar-refractivity contribution >= 4 is 5.97 Å². The molecule has 2 atom stereocenters. The molecule has 5 nitrogen and oxygen atoms in total. The predicted octanol–water partition coefficient (Wildman–Crippen LogP) is 5.43. The van der Waals surface area contributed by atoms with Crippen LogP contribution in [0.2, 0.25) is 0 Å². The van der Waals surface area contributed by atoms with Gasteiger partial charge < -0.3 is 18.9 Å². The number of para-hydroxylation sites is 2. The van der Waals surface area contributed by atoms with Gasteiger partial charge in [0, 0.05) is 17.2 Å². The van der Waals surface area contributed by atoms with Crippen molar-refractivity contribution in [1.29, 1.82) is 0 Å². The van der Waals surface area contributed by atoms with Crippen LogP contribution in [-0.2, 0) is 20.9 Å². The summed E-state index contributed by atoms with van der Waals surface area (Å²) in [6, 6.07) is 24.7. The van der Waals surface area contributed by atoms with Gasteiger partial charge in [0.15, 0.2) is 6.10 Å². The smallest absolute Gasteiger partial charge is 0.330 e. The normalized spacial score (nSPS) is 12.5. The third kappa shape index (κ3) is 5.53. The van der Waals surface area contributed by atoms with Gasteiger partial charge in [-0.1, -0.05) is 73.3 Å². The second-order valence-electron chi connectivity index (χ2n) is 6.76. The van der Waals surface area contributed by atoms with Crippen LogP contribution in [0.3, 0.4) is 0 Å². The number of benzene rings is 3. The lowest BCUT2D eigenvalue weighted by Crippen LogP contribution is -2.21. The summed E-state index contributed by atoms with van der Waals surface area (Å²) < 4.78 is 23.3. The molecule has 0 unspecified atom stereocenters. The highest BCUT2D eigenvalue weighted by molar-refractivity contribution is 5.81. The third-order valence-corrected chi connectivity index (χ3v) is 4.85. The summed E-state index contributed by atoms with van der Waals surface area (Å²) in [6.07, 6.45) is -0.308. The molecule has 0 N–H and O–H groups in total. The van der Waals surface area contributed by atoms with Gasteiger partial charge in [0.1, 0.15) is 17.6 Å². The standard InChI is InChI=1S/C26H26O5/c1-4-24(27)31-26(21-15-9-11-17-23(21)29-3)25(20-14-8-10-16-22(20)28-2)30-18-19-12-6-5-7-13-19/h4-17,25-26H,1,18H2,2-3H3/t25-,26+/m0/s1. The number of methoxy groups -OCH3 is 2. The van der Waals surface area contributed by atoms with E-state index in [0.717, 1.165) is 17.2 Å². The van der Waals surface area contributed by atoms with E-state index in [0.29, 0.717) is 23.7 Å². The van der Waals surface area contributed by atoms with Crippen LogP contribution in [0.4, 0.5) is 0 Å². The van der Waals surface area contributed by atoms with Crippen molar-refractivity contribution in [1.82, 2.24) is 0 Å². The number of esters is 1. The highest BCUT2D eigenvalue weighted by atomic mass is 16.6. The molecule has 0 aliphatic rings. The lowest BCUT2D eigenvalue weighted by Gasteiger charge is -2.29. The third-order valence-electron chi connectivity index (χ3n) is 4.85. The van der Waals surface area contributed by atoms with E-state index in [1.54, 1.807) is 14.2 Å². The Hall–Kier alpha value is -3.57. The number of ether oxygens (including phenoxy) is 4. The first-order chi connectivity index (χ1) is 15.2. The topological polar surface area (TPSA) is 54.0 Å². The summed E-state index contributed by atoms with van der Waals surface area (Å²) in [4.78, 5) is 12.3. The van der Waals surface area contributed by atoms with E-state index in [9.17, 15) is 4.79 Å². The van der Waals surface area contributed by atoms with Crippen LogP contribution >= 0.6 is 0 Å². The van der Waals surface area contributed by atoms with Crippen molar-refractivity contribution in [2.45, 2.75) is 18.8 Å². The summed E-state index contributed by atoms with van der Waals surface area (Å²) in [5.74, 6) is 0.668. The van der Waals surface area contributed by atoms with Gasteiger partial charge >= 0.3 is 5.97 Å². The van der Waals surface area contributed by atoms with Crippen molar-refractivity contribution in [2.24, 2.45) is 0 Å². The summed E-state index contributed by atoms with van der Waals surface area (Å²) >= 11 is 0. The number of rotatable bonds is 10. The number of carbonyl (C=O) groups excluding carboxylic acids is 1. The molecule has 3 aromatic carbocycles. The van der Waals surface area contributed by atoms with Crippen molar-refractivity contribution in [3.05, 3.63) is 108 Å². The van der Waals surface area contributed by atoms with Crippen molar-refractivity contribution < 1.29 is 23.7 Å². The van der Waals surface area contributed by atoms with Gasteiger partial charge in [0.05, 0.1) is 20.8 Å². The van der Waals surface area contributed by atoms with Crippen LogP contribution in [0, 0.1) is 0 Å². The Labute approximate surface area is 182 Å². The van der Waals surface area contributed by atoms with Crippen molar-refractivity contribution in [3.8, 4) is 11.5 Å². The van der Waals surface area contributed by atoms with Gasteiger partial charge in [-0.05, 0) is 17.7 Å². The first-order valence-corrected chi connectivity index (χ1v) is 9.92. The highest BCUT2D eigenvalue weighted by Crippen LogP contribution is 2.42. The molecule has 0 saturated heterocycles. The summed E-state index contributed by atoms with van der Waals surface area (Å²) in [5.41, 5.74) is 2.44. The molecule has 160 valence electrons. The molecule has 0 aliphatic carbocycles. The molecule has 3 rings (SSSR count). The molecule has 0 amide bonds. The van der Waals surface area contributed by atoms with Crippen LogP contribution in [0.25, 0.3) is 0 Å². The molecule has 0 aliphatic heterocycles. The molecule has 0 radical (unpaired) electrons. The van der Waals surface area contributed by atoms with Gasteiger partial charge in [0.2, 0.25) is 0 Å². The van der Waals surface area contributed by atoms with Crippen LogP contribution in [0.1, 0.15) is 28.9 Å². The predicted molar refractivity (Wildman–Crippen MR) is 119 cm³/mol. The Kier molecular flexibility index (Phi) is 7.85. The van der Waals surface area contributed by atoms with E-state index < -0.39 is 18.2 Å². The fraction of sp³-hybridized carbons (Fsp3) is 0.192. The van der Waals surface area contributed by atoms with Crippen LogP contribution in [0.15, 0.2) is 91.5 Å². The lowest BCUT2D eigenvalue weighted by atomic mass is 9.96. The second kappa shape index (κ2) is 11.0. The van der Waals surface area contributed by atoms with Crippen molar-refractivity contribution in [2.75, 3.05) is 14.2 Å². The van der Waals surface area contributed by atoms with E-state index in [4.69, 9.17) is 18.9 Å². The Morgan fingerprint density at radius 1 is 0.806 bits per heavy atom. The largest absolute Gasteiger partial charge is 0.496 e. The molecule has 0 spiro atoms. The molecule has 31 heavy (non-hydrogen) atoms. The van der Waals surface area contributed by atoms with E-state index >= 15 is 0 Å². The summed E-state index contributed by atoms with van der Waals surface area (Å²) in [6.45, 7) is 3.86. The molecule has 0 heterocycles. The fourth-order valence-electron chi connectivity index (χ4n) is 3.37. The molecule has 0 aromatic heterocycles. The van der Waals surface area contributed by atoms with Crippen molar-refractivity contribution in [3.63, 3.8) is 0 Å². The number of hydrogen-bond acceptors (Lipinski definition) is 5. The van der Waals surface area contributed by atoms with Crippen LogP contribution in [0.5, 0.6) is 11.5 Å². The average Bonchev–Trinajstić information content (AvgIpc) is 2.84. The second-order valence-corrected chi connectivity index (χ2v) is 6.76. The minimum atomic E-state index is -0.790. The molecule has 3 aromatic rings. The van der Waals surface area contributed by atoms with Gasteiger partial charge in [0.25, 0.3) is 0 Å². The van der Waals surface area contributed by atoms with Gasteiger partial charge in [-0.3, -0.25) is 0 Å². The van der Waals surface area contributed by atoms with E-state index in [2.05, 4.69) is 6.58 Å². The Morgan fingerprint density at radius 3 is 1.87 bits per heavy atom. The monoisotopic (exact) mass is 418 g/mol. The maximum absolute atomic E-state index is 12.3. The first kappa shape index (κ1) is 22.1. The van der Waals surface area contributed by atoms with E-state index in [1.165, 1.54) is 0 Å². The molecular formula is C26H26O5. The average molecular weight is 418 g/mol. The maximum atomic E-state index is 12.3. The highest BCUT2D eigenvalue weighted by Gasteiger charge is 2.33. The zero-order valence-corrected chi connectivity index (χ0v) is 17.7. The van der Waals surface area contributed by atoms with Gasteiger partial charge in [-0.2, -0.15) is 0 Å². The molecule has 0 fully saturated rings. The Balaban J connectivity index is 2.09. The molecule has 0 bridgehead atoms. The summed E-state index contributed by atoms with van der Waals surface area (Å²) in [7, 11) is 3.18. The first-order valence-electron chi connectivity index (χ1n) is 9.92. The quantitative estimate of drug-likeness (QED) is 0.324. The Bertz CT molecular complexity index is 999. The summed E-state index contributed by atoms with van der Waals surface area (Å²) in [5, 5.41) is 0. The molecule has 0 saturated carbocycles. The zero-order chi connectivity index (χ0) is 22.1. The maximum Gasteiger partial charge on any atom is 0.330 e. The minimum absolute atomic E-state index is 0.320. The molecular weight excluding hydrogens is 392 g/mol. The lowest BCUT2D eigenvalue weighted by molar-refractivity contribution is -0.154. The SMILES string of the molecule is C=CC(=O)O[C@H](c1ccccc1OC)[C@@H](OCc1ccccc1)c1ccccc1OC. The minimum Gasteiger partial charge on any atom is -0.496 e. The van der Waals surface area contributed by atoms with Crippen LogP contribution < -0.4 is 9.47 Å². The number of carbonyl (C=O) groups is 1.